The van der Waals surface area contributed by atoms with Gasteiger partial charge in [-0.15, -0.1) is 11.3 Å². The van der Waals surface area contributed by atoms with Crippen LogP contribution in [-0.4, -0.2) is 36.2 Å². The van der Waals surface area contributed by atoms with Crippen molar-refractivity contribution in [1.29, 1.82) is 0 Å². The van der Waals surface area contributed by atoms with Gasteiger partial charge in [0.1, 0.15) is 16.3 Å². The number of H-pyrrole nitrogens is 1. The number of nitrogens with zero attached hydrogens (tertiary/aromatic N) is 4. The number of carbonyl (C=O) groups excluding carboxylic acids is 1. The molecule has 0 spiro atoms. The molecule has 0 bridgehead atoms. The van der Waals surface area contributed by atoms with E-state index in [1.54, 1.807) is 30.7 Å². The second-order valence-electron chi connectivity index (χ2n) is 9.46. The van der Waals surface area contributed by atoms with Crippen LogP contribution in [-0.2, 0) is 16.6 Å². The van der Waals surface area contributed by atoms with Crippen LogP contribution >= 0.6 is 11.3 Å². The molecule has 1 aliphatic rings. The summed E-state index contributed by atoms with van der Waals surface area (Å²) in [5.41, 5.74) is 5.97. The first-order valence-corrected chi connectivity index (χ1v) is 12.6. The molecule has 13 heteroatoms. The number of aliphatic hydroxyl groups is 1. The van der Waals surface area contributed by atoms with Crippen molar-refractivity contribution in [3.8, 4) is 21.6 Å². The lowest BCUT2D eigenvalue weighted by atomic mass is 9.72. The molecule has 1 saturated carbocycles. The maximum atomic E-state index is 13.1. The number of anilines is 2. The number of amides is 1. The first-order valence-electron chi connectivity index (χ1n) is 11.8. The zero-order valence-corrected chi connectivity index (χ0v) is 21.0. The molecule has 0 aliphatic heterocycles. The molecule has 198 valence electrons. The number of primary amides is 1. The second kappa shape index (κ2) is 9.80. The molecule has 9 nitrogen and oxygen atoms in total. The quantitative estimate of drug-likeness (QED) is 0.272. The first kappa shape index (κ1) is 25.8. The van der Waals surface area contributed by atoms with Crippen molar-refractivity contribution in [3.05, 3.63) is 59.8 Å². The normalized spacial score (nSPS) is 21.8. The maximum Gasteiger partial charge on any atom is 0.433 e. The van der Waals surface area contributed by atoms with Gasteiger partial charge in [0.2, 0.25) is 11.9 Å². The zero-order chi connectivity index (χ0) is 27.1. The van der Waals surface area contributed by atoms with Crippen LogP contribution in [0.1, 0.15) is 36.9 Å². The van der Waals surface area contributed by atoms with E-state index in [4.69, 9.17) is 5.73 Å². The van der Waals surface area contributed by atoms with Crippen LogP contribution < -0.4 is 11.1 Å². The third-order valence-electron chi connectivity index (χ3n) is 6.74. The first-order chi connectivity index (χ1) is 18.0. The number of nitrogens with two attached hydrogens (primary N) is 1. The van der Waals surface area contributed by atoms with Gasteiger partial charge in [-0.1, -0.05) is 6.92 Å². The Morgan fingerprint density at radius 2 is 2.00 bits per heavy atom. The fourth-order valence-corrected chi connectivity index (χ4v) is 5.85. The van der Waals surface area contributed by atoms with Crippen LogP contribution in [0.15, 0.2) is 49.1 Å². The SMILES string of the molecule is CC1C[C@@](O)(c2ncc(-c3cc(Nc4nccc(C(F)(F)F)n4)cc(-c4cn[nH]c4)c3)s2)CC[C@@H]1C(N)=O. The van der Waals surface area contributed by atoms with Crippen molar-refractivity contribution in [2.75, 3.05) is 5.32 Å². The average Bonchev–Trinajstić information content (AvgIpc) is 3.56. The summed E-state index contributed by atoms with van der Waals surface area (Å²) < 4.78 is 39.4. The number of thiazole rings is 1. The second-order valence-corrected chi connectivity index (χ2v) is 10.5. The number of aromatic nitrogens is 5. The molecule has 0 saturated heterocycles. The number of aromatic amines is 1. The zero-order valence-electron chi connectivity index (χ0n) is 20.2. The van der Waals surface area contributed by atoms with E-state index in [2.05, 4.69) is 30.5 Å². The van der Waals surface area contributed by atoms with Crippen LogP contribution in [0.5, 0.6) is 0 Å². The van der Waals surface area contributed by atoms with Gasteiger partial charge in [0, 0.05) is 35.8 Å². The summed E-state index contributed by atoms with van der Waals surface area (Å²) in [5, 5.41) is 21.5. The fraction of sp³-hybridized carbons (Fsp3) is 0.320. The Bertz CT molecular complexity index is 1460. The van der Waals surface area contributed by atoms with E-state index in [1.807, 2.05) is 13.0 Å². The maximum absolute atomic E-state index is 13.1. The number of hydrogen-bond donors (Lipinski definition) is 4. The predicted molar refractivity (Wildman–Crippen MR) is 135 cm³/mol. The van der Waals surface area contributed by atoms with Crippen molar-refractivity contribution in [2.24, 2.45) is 17.6 Å². The summed E-state index contributed by atoms with van der Waals surface area (Å²) >= 11 is 1.32. The minimum absolute atomic E-state index is 0.0914. The van der Waals surface area contributed by atoms with Crippen LogP contribution in [0, 0.1) is 11.8 Å². The summed E-state index contributed by atoms with van der Waals surface area (Å²) in [6.45, 7) is 1.90. The van der Waals surface area contributed by atoms with Crippen molar-refractivity contribution in [3.63, 3.8) is 0 Å². The van der Waals surface area contributed by atoms with E-state index in [1.165, 1.54) is 11.3 Å². The minimum Gasteiger partial charge on any atom is -0.383 e. The molecule has 3 atom stereocenters. The van der Waals surface area contributed by atoms with Crippen LogP contribution in [0.3, 0.4) is 0 Å². The molecule has 5 N–H and O–H groups in total. The number of halogens is 3. The van der Waals surface area contributed by atoms with Crippen molar-refractivity contribution in [1.82, 2.24) is 25.1 Å². The molecule has 3 heterocycles. The van der Waals surface area contributed by atoms with E-state index < -0.39 is 17.5 Å². The van der Waals surface area contributed by atoms with E-state index in [9.17, 15) is 23.1 Å². The van der Waals surface area contributed by atoms with E-state index >= 15 is 0 Å². The summed E-state index contributed by atoms with van der Waals surface area (Å²) in [6, 6.07) is 6.21. The van der Waals surface area contributed by atoms with Crippen LogP contribution in [0.4, 0.5) is 24.8 Å². The summed E-state index contributed by atoms with van der Waals surface area (Å²) in [6.07, 6.45) is 2.63. The van der Waals surface area contributed by atoms with Crippen molar-refractivity contribution in [2.45, 2.75) is 38.0 Å². The molecular formula is C25H24F3N7O2S. The average molecular weight is 544 g/mol. The van der Waals surface area contributed by atoms with Crippen LogP contribution in [0.25, 0.3) is 21.6 Å². The topological polar surface area (TPSA) is 143 Å². The molecule has 5 rings (SSSR count). The molecule has 38 heavy (non-hydrogen) atoms. The Hall–Kier alpha value is -3.84. The number of nitrogens with one attached hydrogen (secondary N) is 2. The number of rotatable bonds is 6. The molecule has 0 radical (unpaired) electrons. The van der Waals surface area contributed by atoms with Gasteiger partial charge in [0.25, 0.3) is 0 Å². The standard InChI is InChI=1S/C25H24F3N7O2S/c1-13-9-24(37,4-2-18(13)21(29)36)22-31-12-19(38-22)15-6-14(16-10-32-33-11-16)7-17(8-15)34-23-30-5-3-20(35-23)25(26,27)28/h3,5-8,10-13,18,37H,2,4,9H2,1H3,(H2,29,36)(H,32,33)(H,30,34,35)/t13?,18-,24+/m0/s1. The van der Waals surface area contributed by atoms with Crippen molar-refractivity contribution >= 4 is 28.9 Å². The van der Waals surface area contributed by atoms with Crippen molar-refractivity contribution < 1.29 is 23.1 Å². The molecule has 1 fully saturated rings. The third kappa shape index (κ3) is 5.24. The largest absolute Gasteiger partial charge is 0.433 e. The lowest BCUT2D eigenvalue weighted by Crippen LogP contribution is -2.40. The van der Waals surface area contributed by atoms with Gasteiger partial charge < -0.3 is 16.2 Å². The summed E-state index contributed by atoms with van der Waals surface area (Å²) in [4.78, 5) is 24.5. The van der Waals surface area contributed by atoms with Gasteiger partial charge in [-0.05, 0) is 60.6 Å². The molecule has 1 amide bonds. The third-order valence-corrected chi connectivity index (χ3v) is 7.98. The number of carbonyl (C=O) groups is 1. The molecule has 3 aromatic heterocycles. The smallest absolute Gasteiger partial charge is 0.383 e. The Labute approximate surface area is 219 Å². The minimum atomic E-state index is -4.60. The molecular weight excluding hydrogens is 519 g/mol. The molecule has 1 aliphatic carbocycles. The Kier molecular flexibility index (Phi) is 6.65. The number of benzene rings is 1. The van der Waals surface area contributed by atoms with Gasteiger partial charge >= 0.3 is 6.18 Å². The van der Waals surface area contributed by atoms with Gasteiger partial charge in [-0.25, -0.2) is 15.0 Å². The van der Waals surface area contributed by atoms with Gasteiger partial charge in [0.15, 0.2) is 0 Å². The van der Waals surface area contributed by atoms with Crippen LogP contribution in [0.2, 0.25) is 0 Å². The van der Waals surface area contributed by atoms with E-state index in [-0.39, 0.29) is 23.7 Å². The molecule has 1 unspecified atom stereocenters. The Morgan fingerprint density at radius 3 is 2.68 bits per heavy atom. The number of hydrogen-bond acceptors (Lipinski definition) is 8. The van der Waals surface area contributed by atoms with E-state index in [0.717, 1.165) is 33.8 Å². The monoisotopic (exact) mass is 543 g/mol. The van der Waals surface area contributed by atoms with Gasteiger partial charge in [-0.2, -0.15) is 18.3 Å². The highest BCUT2D eigenvalue weighted by atomic mass is 32.1. The molecule has 4 aromatic rings. The lowest BCUT2D eigenvalue weighted by molar-refractivity contribution is -0.141. The Balaban J connectivity index is 1.48. The van der Waals surface area contributed by atoms with E-state index in [0.29, 0.717) is 30.0 Å². The highest BCUT2D eigenvalue weighted by Gasteiger charge is 2.42. The van der Waals surface area contributed by atoms with Gasteiger partial charge in [0.05, 0.1) is 11.1 Å². The molecule has 1 aromatic carbocycles. The summed E-state index contributed by atoms with van der Waals surface area (Å²) in [5.74, 6) is -0.936. The summed E-state index contributed by atoms with van der Waals surface area (Å²) in [7, 11) is 0. The lowest BCUT2D eigenvalue weighted by Gasteiger charge is -2.37. The Morgan fingerprint density at radius 1 is 1.21 bits per heavy atom. The fourth-order valence-electron chi connectivity index (χ4n) is 4.82. The number of alkyl halides is 3. The highest BCUT2D eigenvalue weighted by molar-refractivity contribution is 7.15. The predicted octanol–water partition coefficient (Wildman–Crippen LogP) is 4.86. The van der Waals surface area contributed by atoms with Gasteiger partial charge in [-0.3, -0.25) is 9.89 Å². The highest BCUT2D eigenvalue weighted by Crippen LogP contribution is 2.45.